The van der Waals surface area contributed by atoms with Crippen LogP contribution in [0.5, 0.6) is 0 Å². The van der Waals surface area contributed by atoms with Gasteiger partial charge in [-0.1, -0.05) is 53.9 Å². The Labute approximate surface area is 184 Å². The number of Topliss-reactive ketones (excluding diaryl/α,β-unsaturated/α-hetero) is 1. The fourth-order valence-electron chi connectivity index (χ4n) is 9.21. The number of carbonyl (C=O) groups is 1. The molecule has 4 fully saturated rings. The molecule has 0 unspecified atom stereocenters. The number of aliphatic hydroxyl groups excluding tert-OH is 1. The molecule has 4 rings (SSSR count). The Kier molecular flexibility index (Phi) is 5.97. The van der Waals surface area contributed by atoms with Gasteiger partial charge >= 0.3 is 0 Å². The van der Waals surface area contributed by atoms with Crippen LogP contribution in [0.25, 0.3) is 0 Å². The van der Waals surface area contributed by atoms with Crippen molar-refractivity contribution in [1.82, 2.24) is 0 Å². The molecule has 0 aliphatic heterocycles. The van der Waals surface area contributed by atoms with Gasteiger partial charge in [-0.15, -0.1) is 0 Å². The van der Waals surface area contributed by atoms with Crippen LogP contribution in [0.2, 0.25) is 0 Å². The molecule has 0 radical (unpaired) electrons. The lowest BCUT2D eigenvalue weighted by Crippen LogP contribution is -2.70. The molecule has 0 heterocycles. The van der Waals surface area contributed by atoms with Crippen molar-refractivity contribution in [1.29, 1.82) is 0 Å². The van der Waals surface area contributed by atoms with Crippen molar-refractivity contribution in [2.75, 3.05) is 0 Å². The number of ketones is 1. The van der Waals surface area contributed by atoms with Crippen LogP contribution in [0, 0.1) is 46.3 Å². The summed E-state index contributed by atoms with van der Waals surface area (Å²) in [7, 11) is 0. The summed E-state index contributed by atoms with van der Waals surface area (Å²) in [6, 6.07) is 0. The van der Waals surface area contributed by atoms with E-state index >= 15 is 0 Å². The normalized spacial score (nSPS) is 49.5. The summed E-state index contributed by atoms with van der Waals surface area (Å²) in [5, 5.41) is 22.6. The van der Waals surface area contributed by atoms with E-state index in [4.69, 9.17) is 0 Å². The maximum absolute atomic E-state index is 12.8. The van der Waals surface area contributed by atoms with Crippen LogP contribution in [0.15, 0.2) is 0 Å². The minimum Gasteiger partial charge on any atom is -0.390 e. The van der Waals surface area contributed by atoms with E-state index in [-0.39, 0.29) is 5.78 Å². The van der Waals surface area contributed by atoms with E-state index in [1.165, 1.54) is 38.5 Å². The number of rotatable bonds is 5. The Hall–Kier alpha value is -0.410. The van der Waals surface area contributed by atoms with E-state index in [0.29, 0.717) is 36.0 Å². The summed E-state index contributed by atoms with van der Waals surface area (Å²) in [5.74, 6) is 3.73. The predicted molar refractivity (Wildman–Crippen MR) is 121 cm³/mol. The molecule has 9 atom stereocenters. The van der Waals surface area contributed by atoms with Crippen molar-refractivity contribution in [3.63, 3.8) is 0 Å². The van der Waals surface area contributed by atoms with Crippen molar-refractivity contribution >= 4 is 5.78 Å². The third-order valence-electron chi connectivity index (χ3n) is 10.8. The molecule has 0 aromatic carbocycles. The summed E-state index contributed by atoms with van der Waals surface area (Å²) >= 11 is 0. The molecule has 0 aromatic heterocycles. The van der Waals surface area contributed by atoms with Crippen molar-refractivity contribution < 1.29 is 15.0 Å². The third-order valence-corrected chi connectivity index (χ3v) is 10.8. The highest BCUT2D eigenvalue weighted by atomic mass is 16.4. The maximum Gasteiger partial charge on any atom is 0.167 e. The average Bonchev–Trinajstić information content (AvgIpc) is 3.02. The molecule has 30 heavy (non-hydrogen) atoms. The number of hydrogen-bond donors (Lipinski definition) is 2. The lowest BCUT2D eigenvalue weighted by molar-refractivity contribution is -0.240. The highest BCUT2D eigenvalue weighted by Crippen LogP contribution is 2.68. The van der Waals surface area contributed by atoms with Crippen LogP contribution in [-0.2, 0) is 4.79 Å². The van der Waals surface area contributed by atoms with Gasteiger partial charge < -0.3 is 10.2 Å². The number of hydrogen-bond acceptors (Lipinski definition) is 3. The molecule has 0 saturated heterocycles. The molecule has 0 aromatic rings. The molecule has 3 nitrogen and oxygen atoms in total. The molecule has 172 valence electrons. The lowest BCUT2D eigenvalue weighted by atomic mass is 9.42. The van der Waals surface area contributed by atoms with Crippen LogP contribution < -0.4 is 0 Å². The summed E-state index contributed by atoms with van der Waals surface area (Å²) < 4.78 is 0. The first-order valence-electron chi connectivity index (χ1n) is 13.0. The van der Waals surface area contributed by atoms with Crippen molar-refractivity contribution in [3.05, 3.63) is 0 Å². The molecule has 0 amide bonds. The van der Waals surface area contributed by atoms with Gasteiger partial charge in [-0.2, -0.15) is 0 Å². The van der Waals surface area contributed by atoms with Gasteiger partial charge in [0.2, 0.25) is 0 Å². The molecule has 4 aliphatic rings. The largest absolute Gasteiger partial charge is 0.390 e. The zero-order valence-corrected chi connectivity index (χ0v) is 20.1. The van der Waals surface area contributed by atoms with Crippen LogP contribution in [-0.4, -0.2) is 27.7 Å². The van der Waals surface area contributed by atoms with Crippen LogP contribution in [0.4, 0.5) is 0 Å². The smallest absolute Gasteiger partial charge is 0.167 e. The van der Waals surface area contributed by atoms with E-state index in [9.17, 15) is 15.0 Å². The monoisotopic (exact) mass is 418 g/mol. The first kappa shape index (κ1) is 22.8. The summed E-state index contributed by atoms with van der Waals surface area (Å²) in [4.78, 5) is 12.8. The second-order valence-corrected chi connectivity index (χ2v) is 12.6. The average molecular weight is 419 g/mol. The van der Waals surface area contributed by atoms with Crippen LogP contribution in [0.1, 0.15) is 105 Å². The van der Waals surface area contributed by atoms with E-state index in [2.05, 4.69) is 34.6 Å². The van der Waals surface area contributed by atoms with Gasteiger partial charge in [-0.3, -0.25) is 4.79 Å². The predicted octanol–water partition coefficient (Wildman–Crippen LogP) is 5.76. The standard InChI is InChI=1S/C27H46O3/c1-17(2)8-6-9-18(3)20-11-12-21-19-16-24(29)27(30)23(28)10-7-14-26(27,5)22(19)13-15-25(20,21)4/h17-22,24,29-30H,6-16H2,1-5H3/t18-,19+,20-,21-,22+,24+,25-,26-,27-/m1/s1. The number of aliphatic hydroxyl groups is 2. The van der Waals surface area contributed by atoms with Gasteiger partial charge in [0.05, 0.1) is 6.10 Å². The molecule has 3 heteroatoms. The molecular weight excluding hydrogens is 372 g/mol. The quantitative estimate of drug-likeness (QED) is 0.596. The topological polar surface area (TPSA) is 57.5 Å². The fraction of sp³-hybridized carbons (Fsp3) is 0.963. The summed E-state index contributed by atoms with van der Waals surface area (Å²) in [6.07, 6.45) is 10.9. The van der Waals surface area contributed by atoms with Gasteiger partial charge in [-0.05, 0) is 85.9 Å². The minimum absolute atomic E-state index is 0.0985. The van der Waals surface area contributed by atoms with Crippen LogP contribution in [0.3, 0.4) is 0 Å². The number of carbonyl (C=O) groups excluding carboxylic acids is 1. The van der Waals surface area contributed by atoms with Gasteiger partial charge in [0.15, 0.2) is 11.4 Å². The first-order chi connectivity index (χ1) is 14.1. The summed E-state index contributed by atoms with van der Waals surface area (Å²) in [6.45, 7) is 11.8. The molecule has 0 bridgehead atoms. The maximum atomic E-state index is 12.8. The van der Waals surface area contributed by atoms with Crippen molar-refractivity contribution in [2.24, 2.45) is 46.3 Å². The van der Waals surface area contributed by atoms with Crippen molar-refractivity contribution in [3.8, 4) is 0 Å². The Morgan fingerprint density at radius 1 is 1.03 bits per heavy atom. The Bertz CT molecular complexity index is 658. The third kappa shape index (κ3) is 3.16. The number of fused-ring (bicyclic) bond motifs is 5. The Morgan fingerprint density at radius 2 is 1.77 bits per heavy atom. The van der Waals surface area contributed by atoms with Crippen molar-refractivity contribution in [2.45, 2.75) is 117 Å². The fourth-order valence-corrected chi connectivity index (χ4v) is 9.21. The Balaban J connectivity index is 1.55. The van der Waals surface area contributed by atoms with Crippen LogP contribution >= 0.6 is 0 Å². The zero-order chi connectivity index (χ0) is 21.9. The minimum atomic E-state index is -1.51. The van der Waals surface area contributed by atoms with Gasteiger partial charge in [-0.25, -0.2) is 0 Å². The first-order valence-corrected chi connectivity index (χ1v) is 13.0. The molecule has 2 N–H and O–H groups in total. The van der Waals surface area contributed by atoms with E-state index in [1.807, 2.05) is 0 Å². The highest BCUT2D eigenvalue weighted by Gasteiger charge is 2.69. The second kappa shape index (κ2) is 7.87. The summed E-state index contributed by atoms with van der Waals surface area (Å²) in [5.41, 5.74) is -1.60. The molecule has 0 spiro atoms. The zero-order valence-electron chi connectivity index (χ0n) is 20.1. The second-order valence-electron chi connectivity index (χ2n) is 12.6. The van der Waals surface area contributed by atoms with E-state index < -0.39 is 17.1 Å². The van der Waals surface area contributed by atoms with E-state index in [1.54, 1.807) is 0 Å². The van der Waals surface area contributed by atoms with E-state index in [0.717, 1.165) is 37.0 Å². The lowest BCUT2D eigenvalue weighted by Gasteiger charge is -2.64. The molecule has 4 aliphatic carbocycles. The molecule has 4 saturated carbocycles. The van der Waals surface area contributed by atoms with Gasteiger partial charge in [0.1, 0.15) is 0 Å². The van der Waals surface area contributed by atoms with Gasteiger partial charge in [0, 0.05) is 11.8 Å². The van der Waals surface area contributed by atoms with Gasteiger partial charge in [0.25, 0.3) is 0 Å². The highest BCUT2D eigenvalue weighted by molar-refractivity contribution is 5.90. The molecular formula is C27H46O3. The SMILES string of the molecule is CC(C)CCC[C@@H](C)[C@H]1CC[C@@H]2[C@@H]3C[C@H](O)[C@]4(O)C(=O)CCC[C@]4(C)[C@H]3CC[C@@]21C. The Morgan fingerprint density at radius 3 is 2.47 bits per heavy atom.